The summed E-state index contributed by atoms with van der Waals surface area (Å²) in [6.45, 7) is 3.76. The third kappa shape index (κ3) is 3.46. The lowest BCUT2D eigenvalue weighted by Gasteiger charge is -2.14. The van der Waals surface area contributed by atoms with Gasteiger partial charge in [-0.3, -0.25) is 0 Å². The molecule has 0 spiro atoms. The number of aromatic nitrogens is 3. The van der Waals surface area contributed by atoms with Crippen molar-refractivity contribution in [2.45, 2.75) is 20.0 Å². The number of hydrogen-bond acceptors (Lipinski definition) is 6. The summed E-state index contributed by atoms with van der Waals surface area (Å²) in [5, 5.41) is 25.0. The number of hydrogen-bond donors (Lipinski definition) is 2. The SMILES string of the molecule is CC(C)Oc1nc(-c2c(O)cccc2O)nc(-c2cc3ccccc3c3ccccc23)n1. The molecule has 0 amide bonds. The number of phenols is 2. The van der Waals surface area contributed by atoms with Crippen LogP contribution >= 0.6 is 0 Å². The van der Waals surface area contributed by atoms with Crippen molar-refractivity contribution in [3.63, 3.8) is 0 Å². The summed E-state index contributed by atoms with van der Waals surface area (Å²) >= 11 is 0. The largest absolute Gasteiger partial charge is 0.507 e. The Bertz CT molecular complexity index is 1440. The van der Waals surface area contributed by atoms with Crippen LogP contribution < -0.4 is 4.74 Å². The molecule has 2 N–H and O–H groups in total. The van der Waals surface area contributed by atoms with Crippen molar-refractivity contribution in [2.75, 3.05) is 0 Å². The van der Waals surface area contributed by atoms with Crippen molar-refractivity contribution in [2.24, 2.45) is 0 Å². The summed E-state index contributed by atoms with van der Waals surface area (Å²) in [5.74, 6) is 0.288. The van der Waals surface area contributed by atoms with Gasteiger partial charge in [0, 0.05) is 5.56 Å². The maximum absolute atomic E-state index is 10.4. The molecule has 1 heterocycles. The zero-order valence-electron chi connectivity index (χ0n) is 17.6. The van der Waals surface area contributed by atoms with E-state index in [1.807, 2.05) is 56.3 Å². The first-order valence-corrected chi connectivity index (χ1v) is 10.4. The maximum Gasteiger partial charge on any atom is 0.320 e. The van der Waals surface area contributed by atoms with Gasteiger partial charge in [0.1, 0.15) is 17.1 Å². The van der Waals surface area contributed by atoms with E-state index in [0.29, 0.717) is 5.82 Å². The molecular weight excluding hydrogens is 402 g/mol. The van der Waals surface area contributed by atoms with Gasteiger partial charge in [0.05, 0.1) is 6.10 Å². The Hall–Kier alpha value is -4.19. The summed E-state index contributed by atoms with van der Waals surface area (Å²) in [4.78, 5) is 13.6. The fraction of sp³-hybridized carbons (Fsp3) is 0.115. The molecule has 158 valence electrons. The van der Waals surface area contributed by atoms with E-state index in [0.717, 1.165) is 27.1 Å². The zero-order valence-corrected chi connectivity index (χ0v) is 17.6. The molecule has 0 aliphatic carbocycles. The van der Waals surface area contributed by atoms with E-state index >= 15 is 0 Å². The molecule has 0 aliphatic heterocycles. The molecule has 1 aromatic heterocycles. The van der Waals surface area contributed by atoms with E-state index in [-0.39, 0.29) is 35.0 Å². The summed E-state index contributed by atoms with van der Waals surface area (Å²) in [5.41, 5.74) is 0.946. The van der Waals surface area contributed by atoms with Gasteiger partial charge >= 0.3 is 6.01 Å². The van der Waals surface area contributed by atoms with Crippen LogP contribution in [0, 0.1) is 0 Å². The number of phenolic OH excluding ortho intramolecular Hbond substituents is 2. The van der Waals surface area contributed by atoms with Gasteiger partial charge in [0.15, 0.2) is 11.6 Å². The Morgan fingerprint density at radius 3 is 2.03 bits per heavy atom. The van der Waals surface area contributed by atoms with Gasteiger partial charge in [-0.15, -0.1) is 0 Å². The highest BCUT2D eigenvalue weighted by molar-refractivity contribution is 6.13. The highest BCUT2D eigenvalue weighted by atomic mass is 16.5. The molecule has 0 aliphatic rings. The van der Waals surface area contributed by atoms with Gasteiger partial charge in [-0.25, -0.2) is 4.98 Å². The number of nitrogens with zero attached hydrogens (tertiary/aromatic N) is 3. The predicted octanol–water partition coefficient (Wildman–Crippen LogP) is 5.71. The average molecular weight is 423 g/mol. The highest BCUT2D eigenvalue weighted by Crippen LogP contribution is 2.38. The number of ether oxygens (including phenoxy) is 1. The molecule has 0 bridgehead atoms. The van der Waals surface area contributed by atoms with Crippen LogP contribution in [0.1, 0.15) is 13.8 Å². The fourth-order valence-electron chi connectivity index (χ4n) is 3.85. The second kappa shape index (κ2) is 7.81. The molecule has 0 radical (unpaired) electrons. The van der Waals surface area contributed by atoms with Crippen LogP contribution in [0.15, 0.2) is 72.8 Å². The fourth-order valence-corrected chi connectivity index (χ4v) is 3.85. The van der Waals surface area contributed by atoms with E-state index in [4.69, 9.17) is 4.74 Å². The zero-order chi connectivity index (χ0) is 22.2. The monoisotopic (exact) mass is 423 g/mol. The number of fused-ring (bicyclic) bond motifs is 3. The lowest BCUT2D eigenvalue weighted by atomic mass is 9.97. The van der Waals surface area contributed by atoms with Crippen molar-refractivity contribution in [1.82, 2.24) is 15.0 Å². The minimum absolute atomic E-state index is 0.124. The van der Waals surface area contributed by atoms with Crippen molar-refractivity contribution in [1.29, 1.82) is 0 Å². The van der Waals surface area contributed by atoms with Crippen LogP contribution in [-0.4, -0.2) is 31.3 Å². The molecule has 0 saturated carbocycles. The number of aromatic hydroxyl groups is 2. The predicted molar refractivity (Wildman–Crippen MR) is 125 cm³/mol. The third-order valence-corrected chi connectivity index (χ3v) is 5.21. The van der Waals surface area contributed by atoms with Gasteiger partial charge < -0.3 is 14.9 Å². The van der Waals surface area contributed by atoms with Crippen LogP contribution in [0.4, 0.5) is 0 Å². The summed E-state index contributed by atoms with van der Waals surface area (Å²) in [6, 6.07) is 22.9. The molecule has 5 rings (SSSR count). The number of rotatable bonds is 4. The molecule has 4 aromatic carbocycles. The first-order valence-electron chi connectivity index (χ1n) is 10.4. The van der Waals surface area contributed by atoms with Crippen LogP contribution in [0.2, 0.25) is 0 Å². The first-order chi connectivity index (χ1) is 15.5. The normalized spacial score (nSPS) is 11.3. The smallest absolute Gasteiger partial charge is 0.320 e. The second-order valence-electron chi connectivity index (χ2n) is 7.79. The van der Waals surface area contributed by atoms with Crippen LogP contribution in [0.25, 0.3) is 44.3 Å². The standard InChI is InChI=1S/C26H21N3O3/c1-15(2)32-26-28-24(27-25(29-26)23-21(30)12-7-13-22(23)31)20-14-16-8-3-4-9-17(16)18-10-5-6-11-19(18)20/h3-15,30-31H,1-2H3. The van der Waals surface area contributed by atoms with Crippen LogP contribution in [0.3, 0.4) is 0 Å². The van der Waals surface area contributed by atoms with E-state index < -0.39 is 0 Å². The molecule has 0 saturated heterocycles. The Balaban J connectivity index is 1.82. The third-order valence-electron chi connectivity index (χ3n) is 5.21. The van der Waals surface area contributed by atoms with Crippen molar-refractivity contribution >= 4 is 21.5 Å². The minimum Gasteiger partial charge on any atom is -0.507 e. The number of benzene rings is 4. The molecular formula is C26H21N3O3. The first kappa shape index (κ1) is 19.8. The van der Waals surface area contributed by atoms with Crippen molar-refractivity contribution < 1.29 is 14.9 Å². The van der Waals surface area contributed by atoms with Gasteiger partial charge in [-0.2, -0.15) is 9.97 Å². The Labute approximate surface area is 184 Å². The van der Waals surface area contributed by atoms with Crippen molar-refractivity contribution in [3.8, 4) is 40.3 Å². The van der Waals surface area contributed by atoms with E-state index in [1.54, 1.807) is 6.07 Å². The average Bonchev–Trinajstić information content (AvgIpc) is 2.78. The topological polar surface area (TPSA) is 88.4 Å². The Morgan fingerprint density at radius 1 is 0.688 bits per heavy atom. The van der Waals surface area contributed by atoms with E-state index in [1.165, 1.54) is 12.1 Å². The van der Waals surface area contributed by atoms with Crippen molar-refractivity contribution in [3.05, 3.63) is 72.8 Å². The summed E-state index contributed by atoms with van der Waals surface area (Å²) in [6.07, 6.45) is -0.163. The van der Waals surface area contributed by atoms with E-state index in [9.17, 15) is 10.2 Å². The van der Waals surface area contributed by atoms with Gasteiger partial charge in [-0.1, -0.05) is 54.6 Å². The van der Waals surface area contributed by atoms with Gasteiger partial charge in [0.2, 0.25) is 0 Å². The molecule has 0 atom stereocenters. The van der Waals surface area contributed by atoms with Crippen LogP contribution in [0.5, 0.6) is 17.5 Å². The molecule has 5 aromatic rings. The lowest BCUT2D eigenvalue weighted by Crippen LogP contribution is -2.10. The summed E-state index contributed by atoms with van der Waals surface area (Å²) < 4.78 is 5.79. The molecule has 32 heavy (non-hydrogen) atoms. The Kier molecular flexibility index (Phi) is 4.82. The van der Waals surface area contributed by atoms with E-state index in [2.05, 4.69) is 27.1 Å². The Morgan fingerprint density at radius 2 is 1.31 bits per heavy atom. The van der Waals surface area contributed by atoms with Gasteiger partial charge in [-0.05, 0) is 53.6 Å². The summed E-state index contributed by atoms with van der Waals surface area (Å²) in [7, 11) is 0. The highest BCUT2D eigenvalue weighted by Gasteiger charge is 2.19. The minimum atomic E-state index is -0.163. The van der Waals surface area contributed by atoms with Crippen LogP contribution in [-0.2, 0) is 0 Å². The quantitative estimate of drug-likeness (QED) is 0.360. The maximum atomic E-state index is 10.4. The molecule has 0 fully saturated rings. The molecule has 0 unspecified atom stereocenters. The molecule has 6 heteroatoms. The lowest BCUT2D eigenvalue weighted by molar-refractivity contribution is 0.222. The van der Waals surface area contributed by atoms with Gasteiger partial charge in [0.25, 0.3) is 0 Å². The second-order valence-corrected chi connectivity index (χ2v) is 7.79. The molecule has 6 nitrogen and oxygen atoms in total.